The second kappa shape index (κ2) is 8.74. The molecule has 1 atom stereocenters. The Hall–Kier alpha value is -3.00. The fraction of sp³-hybridized carbons (Fsp3) is 0.320. The summed E-state index contributed by atoms with van der Waals surface area (Å²) in [5.41, 5.74) is 5.33. The van der Waals surface area contributed by atoms with Gasteiger partial charge in [0.1, 0.15) is 5.75 Å². The Kier molecular flexibility index (Phi) is 5.78. The second-order valence-corrected chi connectivity index (χ2v) is 8.82. The molecule has 7 nitrogen and oxygen atoms in total. The first-order valence-electron chi connectivity index (χ1n) is 11.1. The van der Waals surface area contributed by atoms with Crippen LogP contribution in [0.3, 0.4) is 0 Å². The number of ether oxygens (including phenoxy) is 1. The monoisotopic (exact) mass is 463 g/mol. The minimum Gasteiger partial charge on any atom is -0.507 e. The maximum absolute atomic E-state index is 10.7. The van der Waals surface area contributed by atoms with E-state index in [1.807, 2.05) is 54.3 Å². The highest BCUT2D eigenvalue weighted by atomic mass is 35.5. The van der Waals surface area contributed by atoms with Crippen molar-refractivity contribution in [3.05, 3.63) is 60.4 Å². The number of hydrogen-bond donors (Lipinski definition) is 1. The number of phenols is 1. The second-order valence-electron chi connectivity index (χ2n) is 8.82. The molecule has 0 bridgehead atoms. The number of halogens is 1. The van der Waals surface area contributed by atoms with E-state index in [9.17, 15) is 5.11 Å². The first-order chi connectivity index (χ1) is 15.6. The number of fused-ring (bicyclic) bond motifs is 1. The Morgan fingerprint density at radius 1 is 1.00 bits per heavy atom. The van der Waals surface area contributed by atoms with Gasteiger partial charge in [0.05, 0.1) is 23.5 Å². The zero-order valence-electron chi connectivity index (χ0n) is 18.4. The van der Waals surface area contributed by atoms with E-state index < -0.39 is 0 Å². The minimum atomic E-state index is 0. The molecule has 4 aromatic rings. The zero-order chi connectivity index (χ0) is 21.7. The maximum Gasteiger partial charge on any atom is 0.125 e. The summed E-state index contributed by atoms with van der Waals surface area (Å²) in [6.07, 6.45) is 3.12. The van der Waals surface area contributed by atoms with Gasteiger partial charge < -0.3 is 9.84 Å². The molecule has 33 heavy (non-hydrogen) atoms. The number of benzene rings is 2. The number of aromatic nitrogens is 4. The van der Waals surface area contributed by atoms with Crippen LogP contribution in [0.5, 0.6) is 5.75 Å². The number of likely N-dealkylation sites (tertiary alicyclic amines) is 1. The number of aromatic hydroxyl groups is 1. The Morgan fingerprint density at radius 2 is 1.82 bits per heavy atom. The van der Waals surface area contributed by atoms with Crippen LogP contribution in [0.4, 0.5) is 0 Å². The number of hydrogen-bond acceptors (Lipinski definition) is 6. The molecule has 2 aliphatic heterocycles. The number of rotatable bonds is 4. The lowest BCUT2D eigenvalue weighted by Crippen LogP contribution is -2.51. The summed E-state index contributed by atoms with van der Waals surface area (Å²) < 4.78 is 7.30. The Bertz CT molecular complexity index is 1280. The van der Waals surface area contributed by atoms with Gasteiger partial charge in [-0.1, -0.05) is 12.1 Å². The van der Waals surface area contributed by atoms with Gasteiger partial charge in [0.25, 0.3) is 0 Å². The lowest BCUT2D eigenvalue weighted by molar-refractivity contribution is 0.0758. The first-order valence-corrected chi connectivity index (χ1v) is 11.1. The summed E-state index contributed by atoms with van der Waals surface area (Å²) in [4.78, 5) is 2.47. The van der Waals surface area contributed by atoms with Crippen molar-refractivity contribution in [1.82, 2.24) is 24.9 Å². The molecule has 1 unspecified atom stereocenters. The molecule has 0 radical (unpaired) electrons. The van der Waals surface area contributed by atoms with E-state index in [0.717, 1.165) is 60.4 Å². The Balaban J connectivity index is 0.00000228. The van der Waals surface area contributed by atoms with Gasteiger partial charge in [-0.3, -0.25) is 9.58 Å². The van der Waals surface area contributed by atoms with Crippen LogP contribution in [-0.4, -0.2) is 62.3 Å². The lowest BCUT2D eigenvalue weighted by atomic mass is 9.93. The van der Waals surface area contributed by atoms with Crippen LogP contribution in [0.15, 0.2) is 54.7 Å². The average Bonchev–Trinajstić information content (AvgIpc) is 3.41. The molecule has 4 heterocycles. The van der Waals surface area contributed by atoms with Gasteiger partial charge in [-0.05, 0) is 53.9 Å². The van der Waals surface area contributed by atoms with Gasteiger partial charge in [-0.25, -0.2) is 0 Å². The third-order valence-electron chi connectivity index (χ3n) is 6.66. The van der Waals surface area contributed by atoms with Crippen LogP contribution in [-0.2, 0) is 11.8 Å². The molecule has 170 valence electrons. The van der Waals surface area contributed by atoms with Crippen molar-refractivity contribution in [2.45, 2.75) is 18.4 Å². The quantitative estimate of drug-likeness (QED) is 0.492. The van der Waals surface area contributed by atoms with Crippen LogP contribution >= 0.6 is 12.4 Å². The summed E-state index contributed by atoms with van der Waals surface area (Å²) in [6, 6.07) is 16.4. The van der Waals surface area contributed by atoms with Gasteiger partial charge in [-0.2, -0.15) is 15.3 Å². The molecule has 0 amide bonds. The van der Waals surface area contributed by atoms with Crippen LogP contribution in [0.2, 0.25) is 0 Å². The van der Waals surface area contributed by atoms with Crippen LogP contribution in [0, 0.1) is 0 Å². The van der Waals surface area contributed by atoms with Gasteiger partial charge in [0, 0.05) is 55.9 Å². The molecule has 2 aromatic heterocycles. The largest absolute Gasteiger partial charge is 0.507 e. The van der Waals surface area contributed by atoms with Crippen molar-refractivity contribution in [1.29, 1.82) is 0 Å². The number of aryl methyl sites for hydroxylation is 1. The van der Waals surface area contributed by atoms with Crippen LogP contribution in [0.1, 0.15) is 18.0 Å². The predicted octanol–water partition coefficient (Wildman–Crippen LogP) is 4.01. The summed E-state index contributed by atoms with van der Waals surface area (Å²) in [7, 11) is 1.91. The summed E-state index contributed by atoms with van der Waals surface area (Å²) in [5, 5.41) is 25.1. The summed E-state index contributed by atoms with van der Waals surface area (Å²) in [6.45, 7) is 3.76. The van der Waals surface area contributed by atoms with Gasteiger partial charge in [-0.15, -0.1) is 12.4 Å². The highest BCUT2D eigenvalue weighted by molar-refractivity contribution is 5.86. The number of phenolic OH excluding ortho intramolecular Hbond substituents is 1. The first kappa shape index (κ1) is 21.8. The van der Waals surface area contributed by atoms with Crippen LogP contribution < -0.4 is 0 Å². The maximum atomic E-state index is 10.7. The van der Waals surface area contributed by atoms with Crippen molar-refractivity contribution in [3.8, 4) is 28.1 Å². The fourth-order valence-corrected chi connectivity index (χ4v) is 4.77. The van der Waals surface area contributed by atoms with Gasteiger partial charge in [0.2, 0.25) is 0 Å². The molecule has 0 saturated carbocycles. The topological polar surface area (TPSA) is 76.3 Å². The minimum absolute atomic E-state index is 0. The smallest absolute Gasteiger partial charge is 0.125 e. The van der Waals surface area contributed by atoms with Gasteiger partial charge in [0.15, 0.2) is 0 Å². The fourth-order valence-electron chi connectivity index (χ4n) is 4.77. The van der Waals surface area contributed by atoms with E-state index in [-0.39, 0.29) is 18.2 Å². The van der Waals surface area contributed by atoms with Crippen molar-refractivity contribution in [2.24, 2.45) is 7.05 Å². The molecule has 8 heteroatoms. The average molecular weight is 464 g/mol. The molecule has 2 aromatic carbocycles. The molecule has 2 aliphatic rings. The molecule has 2 saturated heterocycles. The molecule has 0 aliphatic carbocycles. The highest BCUT2D eigenvalue weighted by Crippen LogP contribution is 2.34. The zero-order valence-corrected chi connectivity index (χ0v) is 19.2. The third-order valence-corrected chi connectivity index (χ3v) is 6.66. The highest BCUT2D eigenvalue weighted by Gasteiger charge is 2.35. The van der Waals surface area contributed by atoms with Crippen molar-refractivity contribution < 1.29 is 9.84 Å². The lowest BCUT2D eigenvalue weighted by Gasteiger charge is -2.42. The standard InChI is InChI=1S/C25H25N5O2.ClH/c1-29-12-18-10-16(3-5-23(18)28-29)17-2-4-21(25(31)11-17)24-7-6-22(26-27-24)19-13-30(14-19)20-8-9-32-15-20;/h2-7,10-12,19-20,31H,8-9,13-15H2,1H3;1H. The van der Waals surface area contributed by atoms with E-state index in [4.69, 9.17) is 4.74 Å². The molecule has 6 rings (SSSR count). The summed E-state index contributed by atoms with van der Waals surface area (Å²) in [5.74, 6) is 0.627. The van der Waals surface area contributed by atoms with Crippen molar-refractivity contribution in [2.75, 3.05) is 26.3 Å². The Morgan fingerprint density at radius 3 is 2.55 bits per heavy atom. The molecule has 0 spiro atoms. The predicted molar refractivity (Wildman–Crippen MR) is 130 cm³/mol. The van der Waals surface area contributed by atoms with E-state index in [0.29, 0.717) is 23.2 Å². The van der Waals surface area contributed by atoms with Crippen molar-refractivity contribution in [3.63, 3.8) is 0 Å². The van der Waals surface area contributed by atoms with E-state index in [1.54, 1.807) is 6.07 Å². The SMILES string of the molecule is Cl.Cn1cc2cc(-c3ccc(-c4ccc(C5CN(C6CCOC6)C5)nn4)c(O)c3)ccc2n1. The Labute approximate surface area is 198 Å². The molecular formula is C25H26ClN5O2. The van der Waals surface area contributed by atoms with Gasteiger partial charge >= 0.3 is 0 Å². The molecule has 2 fully saturated rings. The van der Waals surface area contributed by atoms with E-state index >= 15 is 0 Å². The number of nitrogens with zero attached hydrogens (tertiary/aromatic N) is 5. The normalized spacial score (nSPS) is 18.9. The van der Waals surface area contributed by atoms with Crippen molar-refractivity contribution >= 4 is 23.3 Å². The molecule has 1 N–H and O–H groups in total. The third kappa shape index (κ3) is 4.08. The van der Waals surface area contributed by atoms with Crippen LogP contribution in [0.25, 0.3) is 33.3 Å². The summed E-state index contributed by atoms with van der Waals surface area (Å²) >= 11 is 0. The van der Waals surface area contributed by atoms with E-state index in [1.165, 1.54) is 0 Å². The molecular weight excluding hydrogens is 438 g/mol. The van der Waals surface area contributed by atoms with E-state index in [2.05, 4.69) is 26.3 Å².